The summed E-state index contributed by atoms with van der Waals surface area (Å²) in [7, 11) is -2.08. The lowest BCUT2D eigenvalue weighted by atomic mass is 10.2. The lowest BCUT2D eigenvalue weighted by Crippen LogP contribution is -2.48. The van der Waals surface area contributed by atoms with E-state index in [1.807, 2.05) is 36.6 Å². The molecule has 0 radical (unpaired) electrons. The summed E-state index contributed by atoms with van der Waals surface area (Å²) in [5.41, 5.74) is 1.23. The molecule has 1 amide bonds. The van der Waals surface area contributed by atoms with Crippen molar-refractivity contribution in [1.82, 2.24) is 8.87 Å². The number of methoxy groups -OCH3 is 1. The van der Waals surface area contributed by atoms with Crippen molar-refractivity contribution in [2.45, 2.75) is 37.5 Å². The summed E-state index contributed by atoms with van der Waals surface area (Å²) >= 11 is 1.38. The molecule has 1 saturated heterocycles. The van der Waals surface area contributed by atoms with E-state index >= 15 is 0 Å². The van der Waals surface area contributed by atoms with E-state index < -0.39 is 15.9 Å². The van der Waals surface area contributed by atoms with Crippen LogP contribution in [0.4, 0.5) is 0 Å². The number of rotatable bonds is 6. The first kappa shape index (κ1) is 24.3. The summed E-state index contributed by atoms with van der Waals surface area (Å²) in [6.45, 7) is 8.58. The fourth-order valence-electron chi connectivity index (χ4n) is 3.97. The van der Waals surface area contributed by atoms with Gasteiger partial charge in [0.2, 0.25) is 10.0 Å². The van der Waals surface area contributed by atoms with Crippen molar-refractivity contribution in [2.75, 3.05) is 20.2 Å². The molecule has 4 rings (SSSR count). The van der Waals surface area contributed by atoms with E-state index in [4.69, 9.17) is 9.47 Å². The van der Waals surface area contributed by atoms with Gasteiger partial charge < -0.3 is 14.0 Å². The number of benzene rings is 2. The average Bonchev–Trinajstić information content (AvgIpc) is 3.14. The van der Waals surface area contributed by atoms with Crippen LogP contribution in [0.1, 0.15) is 24.2 Å². The van der Waals surface area contributed by atoms with E-state index in [9.17, 15) is 13.2 Å². The number of morpholine rings is 1. The predicted octanol–water partition coefficient (Wildman–Crippen LogP) is 3.44. The van der Waals surface area contributed by atoms with Gasteiger partial charge in [-0.15, -0.1) is 6.58 Å². The molecule has 2 unspecified atom stereocenters. The van der Waals surface area contributed by atoms with Crippen molar-refractivity contribution in [3.8, 4) is 5.75 Å². The van der Waals surface area contributed by atoms with Crippen LogP contribution in [0.5, 0.6) is 5.75 Å². The summed E-state index contributed by atoms with van der Waals surface area (Å²) in [6.07, 6.45) is 1.39. The van der Waals surface area contributed by atoms with E-state index in [2.05, 4.69) is 11.6 Å². The molecule has 0 saturated carbocycles. The Kier molecular flexibility index (Phi) is 7.04. The maximum absolute atomic E-state index is 13.1. The number of ether oxygens (including phenoxy) is 2. The van der Waals surface area contributed by atoms with Gasteiger partial charge in [0.15, 0.2) is 4.80 Å². The maximum atomic E-state index is 13.1. The lowest BCUT2D eigenvalue weighted by molar-refractivity contribution is -0.0440. The zero-order valence-electron chi connectivity index (χ0n) is 19.3. The largest absolute Gasteiger partial charge is 0.497 e. The van der Waals surface area contributed by atoms with Gasteiger partial charge in [0.25, 0.3) is 5.91 Å². The van der Waals surface area contributed by atoms with Crippen LogP contribution >= 0.6 is 11.3 Å². The maximum Gasteiger partial charge on any atom is 0.279 e. The monoisotopic (exact) mass is 501 g/mol. The SMILES string of the molecule is C=CCn1c(=NC(=O)c2ccc(S(=O)(=O)N3CC(C)OC(C)C3)cc2)sc2cc(OC)ccc21. The van der Waals surface area contributed by atoms with Gasteiger partial charge in [-0.1, -0.05) is 17.4 Å². The standard InChI is InChI=1S/C24H27N3O5S2/c1-5-12-27-21-11-8-19(31-4)13-22(21)33-24(27)25-23(28)18-6-9-20(10-7-18)34(29,30)26-14-16(2)32-17(3)15-26/h5-11,13,16-17H,1,12,14-15H2,2-4H3. The number of nitrogens with zero attached hydrogens (tertiary/aromatic N) is 3. The van der Waals surface area contributed by atoms with Crippen LogP contribution in [-0.4, -0.2) is 55.6 Å². The average molecular weight is 502 g/mol. The number of allylic oxidation sites excluding steroid dienone is 1. The van der Waals surface area contributed by atoms with Gasteiger partial charge in [-0.05, 0) is 56.3 Å². The molecule has 1 aliphatic heterocycles. The molecule has 1 aromatic heterocycles. The third-order valence-electron chi connectivity index (χ3n) is 5.52. The summed E-state index contributed by atoms with van der Waals surface area (Å²) in [6, 6.07) is 11.6. The molecule has 1 aliphatic rings. The number of thiazole rings is 1. The first-order chi connectivity index (χ1) is 16.2. The number of amides is 1. The minimum absolute atomic E-state index is 0.140. The van der Waals surface area contributed by atoms with Crippen molar-refractivity contribution < 1.29 is 22.7 Å². The van der Waals surface area contributed by atoms with Gasteiger partial charge in [0.05, 0.1) is 34.4 Å². The number of hydrogen-bond donors (Lipinski definition) is 0. The van der Waals surface area contributed by atoms with Crippen LogP contribution in [0.15, 0.2) is 65.0 Å². The molecule has 0 spiro atoms. The molecular weight excluding hydrogens is 474 g/mol. The molecule has 3 aromatic rings. The molecule has 34 heavy (non-hydrogen) atoms. The topological polar surface area (TPSA) is 90.2 Å². The van der Waals surface area contributed by atoms with Crippen LogP contribution in [0.3, 0.4) is 0 Å². The van der Waals surface area contributed by atoms with E-state index in [1.165, 1.54) is 39.9 Å². The molecule has 8 nitrogen and oxygen atoms in total. The quantitative estimate of drug-likeness (QED) is 0.483. The number of carbonyl (C=O) groups is 1. The fourth-order valence-corrected chi connectivity index (χ4v) is 6.63. The van der Waals surface area contributed by atoms with Gasteiger partial charge in [0.1, 0.15) is 5.75 Å². The summed E-state index contributed by atoms with van der Waals surface area (Å²) < 4.78 is 41.3. The van der Waals surface area contributed by atoms with E-state index in [0.29, 0.717) is 30.0 Å². The Hall–Kier alpha value is -2.79. The zero-order valence-corrected chi connectivity index (χ0v) is 20.9. The predicted molar refractivity (Wildman–Crippen MR) is 132 cm³/mol. The molecule has 2 heterocycles. The lowest BCUT2D eigenvalue weighted by Gasteiger charge is -2.34. The number of hydrogen-bond acceptors (Lipinski definition) is 6. The highest BCUT2D eigenvalue weighted by molar-refractivity contribution is 7.89. The molecule has 2 atom stereocenters. The smallest absolute Gasteiger partial charge is 0.279 e. The van der Waals surface area contributed by atoms with Crippen molar-refractivity contribution in [1.29, 1.82) is 0 Å². The van der Waals surface area contributed by atoms with Crippen LogP contribution in [0.25, 0.3) is 10.2 Å². The Morgan fingerprint density at radius 3 is 2.50 bits per heavy atom. The third kappa shape index (κ3) is 4.85. The molecule has 2 aromatic carbocycles. The van der Waals surface area contributed by atoms with Gasteiger partial charge in [-0.3, -0.25) is 4.79 Å². The Balaban J connectivity index is 1.64. The Morgan fingerprint density at radius 2 is 1.88 bits per heavy atom. The highest BCUT2D eigenvalue weighted by Crippen LogP contribution is 2.24. The van der Waals surface area contributed by atoms with Gasteiger partial charge in [0, 0.05) is 25.2 Å². The Labute approximate surface area is 202 Å². The molecular formula is C24H27N3O5S2. The van der Waals surface area contributed by atoms with Crippen molar-refractivity contribution in [3.63, 3.8) is 0 Å². The van der Waals surface area contributed by atoms with Crippen LogP contribution < -0.4 is 9.54 Å². The number of aromatic nitrogens is 1. The second-order valence-corrected chi connectivity index (χ2v) is 11.1. The van der Waals surface area contributed by atoms with E-state index in [-0.39, 0.29) is 17.1 Å². The third-order valence-corrected chi connectivity index (χ3v) is 8.41. The zero-order chi connectivity index (χ0) is 24.5. The molecule has 10 heteroatoms. The summed E-state index contributed by atoms with van der Waals surface area (Å²) in [5, 5.41) is 0. The van der Waals surface area contributed by atoms with Crippen molar-refractivity contribution in [2.24, 2.45) is 4.99 Å². The second kappa shape index (κ2) is 9.83. The minimum Gasteiger partial charge on any atom is -0.497 e. The highest BCUT2D eigenvalue weighted by atomic mass is 32.2. The molecule has 0 aliphatic carbocycles. The van der Waals surface area contributed by atoms with Crippen molar-refractivity contribution in [3.05, 3.63) is 65.5 Å². The Bertz CT molecular complexity index is 1380. The number of sulfonamides is 1. The number of carbonyl (C=O) groups excluding carboxylic acids is 1. The summed E-state index contributed by atoms with van der Waals surface area (Å²) in [4.78, 5) is 17.9. The molecule has 0 bridgehead atoms. The van der Waals surface area contributed by atoms with Gasteiger partial charge >= 0.3 is 0 Å². The van der Waals surface area contributed by atoms with Gasteiger partial charge in [-0.2, -0.15) is 9.30 Å². The van der Waals surface area contributed by atoms with Crippen LogP contribution in [0.2, 0.25) is 0 Å². The molecule has 0 N–H and O–H groups in total. The van der Waals surface area contributed by atoms with Crippen LogP contribution in [0, 0.1) is 0 Å². The van der Waals surface area contributed by atoms with Crippen molar-refractivity contribution >= 4 is 37.5 Å². The highest BCUT2D eigenvalue weighted by Gasteiger charge is 2.32. The molecule has 1 fully saturated rings. The fraction of sp³-hybridized carbons (Fsp3) is 0.333. The Morgan fingerprint density at radius 1 is 1.21 bits per heavy atom. The first-order valence-corrected chi connectivity index (χ1v) is 13.1. The van der Waals surface area contributed by atoms with Gasteiger partial charge in [-0.25, -0.2) is 8.42 Å². The minimum atomic E-state index is -3.68. The normalized spacial score (nSPS) is 19.9. The second-order valence-electron chi connectivity index (χ2n) is 8.14. The number of fused-ring (bicyclic) bond motifs is 1. The summed E-state index contributed by atoms with van der Waals surface area (Å²) in [5.74, 6) is 0.270. The van der Waals surface area contributed by atoms with E-state index in [0.717, 1.165) is 16.0 Å². The van der Waals surface area contributed by atoms with Crippen LogP contribution in [-0.2, 0) is 21.3 Å². The first-order valence-electron chi connectivity index (χ1n) is 10.9. The molecule has 180 valence electrons. The van der Waals surface area contributed by atoms with E-state index in [1.54, 1.807) is 13.2 Å².